The molecule has 3 atom stereocenters. The topological polar surface area (TPSA) is 258 Å². The van der Waals surface area contributed by atoms with Gasteiger partial charge >= 0.3 is 5.97 Å². The Bertz CT molecular complexity index is 920. The van der Waals surface area contributed by atoms with Gasteiger partial charge in [-0.1, -0.05) is 30.3 Å². The van der Waals surface area contributed by atoms with Gasteiger partial charge in [0.25, 0.3) is 0 Å². The van der Waals surface area contributed by atoms with E-state index in [1.54, 1.807) is 0 Å². The van der Waals surface area contributed by atoms with E-state index in [1.807, 2.05) is 30.3 Å². The van der Waals surface area contributed by atoms with Crippen LogP contribution in [-0.2, 0) is 30.4 Å². The second-order valence-corrected chi connectivity index (χ2v) is 7.65. The Labute approximate surface area is 201 Å². The predicted octanol–water partition coefficient (Wildman–Crippen LogP) is -3.34. The summed E-state index contributed by atoms with van der Waals surface area (Å²) in [6.07, 6.45) is 0.0925. The Hall–Kier alpha value is -4.20. The summed E-state index contributed by atoms with van der Waals surface area (Å²) in [6, 6.07) is 5.54. The molecule has 12 N–H and O–H groups in total. The molecule has 3 unspecified atom stereocenters. The number of rotatable bonds is 15. The lowest BCUT2D eigenvalue weighted by Crippen LogP contribution is -2.54. The predicted molar refractivity (Wildman–Crippen MR) is 126 cm³/mol. The van der Waals surface area contributed by atoms with E-state index in [-0.39, 0.29) is 25.3 Å². The minimum absolute atomic E-state index is 0.125. The van der Waals surface area contributed by atoms with E-state index in [1.165, 1.54) is 0 Å². The third-order valence-corrected chi connectivity index (χ3v) is 4.68. The number of amides is 4. The zero-order valence-electron chi connectivity index (χ0n) is 19.1. The number of primary amides is 1. The number of nitrogens with zero attached hydrogens (tertiary/aromatic N) is 1. The molecule has 4 amide bonds. The number of aliphatic imine (C=N–C) groups is 1. The molecule has 0 aliphatic heterocycles. The smallest absolute Gasteiger partial charge is 0.326 e. The first-order valence-electron chi connectivity index (χ1n) is 10.7. The van der Waals surface area contributed by atoms with Gasteiger partial charge in [-0.15, -0.1) is 0 Å². The number of carboxylic acids is 1. The third kappa shape index (κ3) is 12.0. The molecule has 1 rings (SSSR count). The molecule has 0 aromatic heterocycles. The van der Waals surface area contributed by atoms with Crippen LogP contribution in [0.5, 0.6) is 0 Å². The zero-order chi connectivity index (χ0) is 26.4. The number of aliphatic carboxylic acids is 1. The van der Waals surface area contributed by atoms with Gasteiger partial charge in [-0.3, -0.25) is 24.2 Å². The van der Waals surface area contributed by atoms with Crippen LogP contribution < -0.4 is 38.9 Å². The summed E-state index contributed by atoms with van der Waals surface area (Å²) in [6.45, 7) is -0.399. The fourth-order valence-electron chi connectivity index (χ4n) is 2.95. The normalized spacial score (nSPS) is 12.9. The number of nitrogens with one attached hydrogen (secondary N) is 3. The highest BCUT2D eigenvalue weighted by Crippen LogP contribution is 2.04. The summed E-state index contributed by atoms with van der Waals surface area (Å²) in [7, 11) is 0. The average molecular weight is 493 g/mol. The van der Waals surface area contributed by atoms with Crippen molar-refractivity contribution in [1.29, 1.82) is 0 Å². The highest BCUT2D eigenvalue weighted by Gasteiger charge is 2.26. The lowest BCUT2D eigenvalue weighted by Gasteiger charge is -2.21. The monoisotopic (exact) mass is 492 g/mol. The Kier molecular flexibility index (Phi) is 12.2. The Morgan fingerprint density at radius 3 is 2.17 bits per heavy atom. The first-order valence-corrected chi connectivity index (χ1v) is 10.7. The number of guanidine groups is 1. The SMILES string of the molecule is NC(=O)CC(NC(=O)CNC(=O)C(CCCN=C(N)N)NC(=O)C(N)Cc1ccccc1)C(=O)O. The lowest BCUT2D eigenvalue weighted by molar-refractivity contribution is -0.143. The Morgan fingerprint density at radius 1 is 0.943 bits per heavy atom. The summed E-state index contributed by atoms with van der Waals surface area (Å²) < 4.78 is 0. The van der Waals surface area contributed by atoms with Crippen molar-refractivity contribution in [3.63, 3.8) is 0 Å². The van der Waals surface area contributed by atoms with Gasteiger partial charge in [-0.25, -0.2) is 4.79 Å². The average Bonchev–Trinajstić information content (AvgIpc) is 2.78. The largest absolute Gasteiger partial charge is 0.480 e. The molecule has 1 aromatic rings. The maximum absolute atomic E-state index is 12.7. The van der Waals surface area contributed by atoms with E-state index in [0.717, 1.165) is 5.56 Å². The molecule has 0 radical (unpaired) electrons. The Morgan fingerprint density at radius 2 is 1.60 bits per heavy atom. The molecule has 14 nitrogen and oxygen atoms in total. The van der Waals surface area contributed by atoms with Gasteiger partial charge in [0.15, 0.2) is 5.96 Å². The zero-order valence-corrected chi connectivity index (χ0v) is 19.1. The molecule has 35 heavy (non-hydrogen) atoms. The maximum atomic E-state index is 12.7. The van der Waals surface area contributed by atoms with Crippen LogP contribution in [0.1, 0.15) is 24.8 Å². The first kappa shape index (κ1) is 28.8. The molecular weight excluding hydrogens is 460 g/mol. The summed E-state index contributed by atoms with van der Waals surface area (Å²) >= 11 is 0. The standard InChI is InChI=1S/C21H32N8O6/c22-13(9-12-5-2-1-3-6-12)18(32)29-14(7-4-8-26-21(24)25)19(33)27-11-17(31)28-15(20(34)35)10-16(23)30/h1-3,5-6,13-15H,4,7-11,22H2,(H2,23,30)(H,27,33)(H,28,31)(H,29,32)(H,34,35)(H4,24,25,26). The Balaban J connectivity index is 2.74. The molecule has 0 saturated heterocycles. The van der Waals surface area contributed by atoms with Crippen molar-refractivity contribution in [2.45, 2.75) is 43.8 Å². The number of nitrogens with two attached hydrogens (primary N) is 4. The summed E-state index contributed by atoms with van der Waals surface area (Å²) in [5.41, 5.74) is 22.3. The molecule has 0 heterocycles. The van der Waals surface area contributed by atoms with Crippen LogP contribution in [0.25, 0.3) is 0 Å². The quantitative estimate of drug-likeness (QED) is 0.0690. The van der Waals surface area contributed by atoms with Gasteiger partial charge in [0.05, 0.1) is 19.0 Å². The van der Waals surface area contributed by atoms with E-state index in [0.29, 0.717) is 6.42 Å². The number of carbonyl (C=O) groups is 5. The molecule has 0 aliphatic rings. The molecule has 0 saturated carbocycles. The molecule has 0 fully saturated rings. The van der Waals surface area contributed by atoms with Crippen LogP contribution in [0.2, 0.25) is 0 Å². The number of carboxylic acid groups (broad SMARTS) is 1. The number of benzene rings is 1. The summed E-state index contributed by atoms with van der Waals surface area (Å²) in [5, 5.41) is 16.0. The van der Waals surface area contributed by atoms with Crippen LogP contribution in [0.15, 0.2) is 35.3 Å². The second-order valence-electron chi connectivity index (χ2n) is 7.65. The number of hydrogen-bond acceptors (Lipinski definition) is 7. The minimum Gasteiger partial charge on any atom is -0.480 e. The van der Waals surface area contributed by atoms with Crippen molar-refractivity contribution in [3.05, 3.63) is 35.9 Å². The molecule has 192 valence electrons. The van der Waals surface area contributed by atoms with Crippen molar-refractivity contribution in [1.82, 2.24) is 16.0 Å². The van der Waals surface area contributed by atoms with E-state index in [2.05, 4.69) is 20.9 Å². The van der Waals surface area contributed by atoms with Crippen molar-refractivity contribution in [2.75, 3.05) is 13.1 Å². The maximum Gasteiger partial charge on any atom is 0.326 e. The van der Waals surface area contributed by atoms with Crippen LogP contribution in [0.3, 0.4) is 0 Å². The number of hydrogen-bond donors (Lipinski definition) is 8. The van der Waals surface area contributed by atoms with Crippen LogP contribution in [-0.4, -0.2) is 71.9 Å². The van der Waals surface area contributed by atoms with E-state index < -0.39 is 60.7 Å². The van der Waals surface area contributed by atoms with Crippen LogP contribution >= 0.6 is 0 Å². The highest BCUT2D eigenvalue weighted by atomic mass is 16.4. The van der Waals surface area contributed by atoms with Gasteiger partial charge in [0.2, 0.25) is 23.6 Å². The minimum atomic E-state index is -1.54. The summed E-state index contributed by atoms with van der Waals surface area (Å²) in [4.78, 5) is 63.2. The molecule has 0 spiro atoms. The summed E-state index contributed by atoms with van der Waals surface area (Å²) in [5.74, 6) is -4.64. The highest BCUT2D eigenvalue weighted by molar-refractivity contribution is 5.93. The van der Waals surface area contributed by atoms with Gasteiger partial charge < -0.3 is 44.0 Å². The lowest BCUT2D eigenvalue weighted by atomic mass is 10.0. The van der Waals surface area contributed by atoms with Crippen molar-refractivity contribution < 1.29 is 29.1 Å². The fourth-order valence-corrected chi connectivity index (χ4v) is 2.95. The molecular formula is C21H32N8O6. The van der Waals surface area contributed by atoms with Gasteiger partial charge in [0, 0.05) is 6.54 Å². The third-order valence-electron chi connectivity index (χ3n) is 4.68. The van der Waals surface area contributed by atoms with Gasteiger partial charge in [-0.05, 0) is 24.8 Å². The van der Waals surface area contributed by atoms with E-state index >= 15 is 0 Å². The fraction of sp³-hybridized carbons (Fsp3) is 0.429. The van der Waals surface area contributed by atoms with E-state index in [9.17, 15) is 24.0 Å². The first-order chi connectivity index (χ1) is 16.5. The van der Waals surface area contributed by atoms with E-state index in [4.69, 9.17) is 28.0 Å². The van der Waals surface area contributed by atoms with Gasteiger partial charge in [-0.2, -0.15) is 0 Å². The van der Waals surface area contributed by atoms with Crippen LogP contribution in [0, 0.1) is 0 Å². The molecule has 0 aliphatic carbocycles. The molecule has 1 aromatic carbocycles. The van der Waals surface area contributed by atoms with Crippen LogP contribution in [0.4, 0.5) is 0 Å². The van der Waals surface area contributed by atoms with Gasteiger partial charge in [0.1, 0.15) is 12.1 Å². The number of carbonyl (C=O) groups excluding carboxylic acids is 4. The van der Waals surface area contributed by atoms with Crippen molar-refractivity contribution in [2.24, 2.45) is 27.9 Å². The van der Waals surface area contributed by atoms with Crippen molar-refractivity contribution in [3.8, 4) is 0 Å². The van der Waals surface area contributed by atoms with Crippen molar-refractivity contribution >= 4 is 35.6 Å². The molecule has 0 bridgehead atoms. The molecule has 14 heteroatoms. The second kappa shape index (κ2) is 14.8.